The lowest BCUT2D eigenvalue weighted by Crippen LogP contribution is -2.25. The Morgan fingerprint density at radius 2 is 2.38 bits per heavy atom. The molecule has 0 aromatic heterocycles. The number of methoxy groups -OCH3 is 1. The van der Waals surface area contributed by atoms with Crippen molar-refractivity contribution in [3.05, 3.63) is 28.8 Å². The van der Waals surface area contributed by atoms with E-state index in [1.807, 2.05) is 6.07 Å². The third-order valence-corrected chi connectivity index (χ3v) is 2.35. The molecule has 5 heteroatoms. The van der Waals surface area contributed by atoms with Gasteiger partial charge in [0.15, 0.2) is 0 Å². The van der Waals surface area contributed by atoms with E-state index in [0.717, 1.165) is 0 Å². The van der Waals surface area contributed by atoms with E-state index in [-0.39, 0.29) is 18.9 Å². The number of rotatable bonds is 4. The van der Waals surface area contributed by atoms with E-state index in [2.05, 4.69) is 5.32 Å². The van der Waals surface area contributed by atoms with Gasteiger partial charge >= 0.3 is 0 Å². The molecule has 1 N–H and O–H groups in total. The predicted molar refractivity (Wildman–Crippen MR) is 60.3 cm³/mol. The second kappa shape index (κ2) is 5.99. The van der Waals surface area contributed by atoms with E-state index < -0.39 is 0 Å². The van der Waals surface area contributed by atoms with Gasteiger partial charge in [-0.2, -0.15) is 5.26 Å². The van der Waals surface area contributed by atoms with Crippen LogP contribution < -0.4 is 10.1 Å². The second-order valence-corrected chi connectivity index (χ2v) is 3.44. The van der Waals surface area contributed by atoms with Gasteiger partial charge in [0.25, 0.3) is 0 Å². The number of hydrogen-bond donors (Lipinski definition) is 1. The van der Waals surface area contributed by atoms with E-state index in [4.69, 9.17) is 21.6 Å². The van der Waals surface area contributed by atoms with E-state index in [1.54, 1.807) is 18.2 Å². The Morgan fingerprint density at radius 1 is 1.62 bits per heavy atom. The van der Waals surface area contributed by atoms with E-state index in [1.165, 1.54) is 7.11 Å². The molecule has 0 atom stereocenters. The van der Waals surface area contributed by atoms with Crippen LogP contribution in [0.15, 0.2) is 18.2 Å². The minimum Gasteiger partial charge on any atom is -0.496 e. The molecule has 1 rings (SSSR count). The molecule has 0 heterocycles. The Kier molecular flexibility index (Phi) is 4.62. The van der Waals surface area contributed by atoms with Crippen LogP contribution in [-0.2, 0) is 11.2 Å². The highest BCUT2D eigenvalue weighted by Crippen LogP contribution is 2.26. The molecular weight excluding hydrogens is 228 g/mol. The van der Waals surface area contributed by atoms with Crippen LogP contribution in [-0.4, -0.2) is 19.6 Å². The molecular formula is C11H11ClN2O2. The molecule has 0 saturated heterocycles. The normalized spacial score (nSPS) is 9.31. The number of halogens is 1. The highest BCUT2D eigenvalue weighted by molar-refractivity contribution is 6.31. The fourth-order valence-electron chi connectivity index (χ4n) is 1.26. The molecule has 84 valence electrons. The Hall–Kier alpha value is -1.73. The SMILES string of the molecule is COc1cccc(Cl)c1CC(=O)NCC#N. The van der Waals surface area contributed by atoms with Gasteiger partial charge in [0, 0.05) is 10.6 Å². The monoisotopic (exact) mass is 238 g/mol. The first-order valence-corrected chi connectivity index (χ1v) is 5.02. The first-order chi connectivity index (χ1) is 7.69. The third kappa shape index (κ3) is 3.14. The Bertz CT molecular complexity index is 426. The summed E-state index contributed by atoms with van der Waals surface area (Å²) < 4.78 is 5.10. The highest BCUT2D eigenvalue weighted by atomic mass is 35.5. The maximum Gasteiger partial charge on any atom is 0.225 e. The zero-order valence-corrected chi connectivity index (χ0v) is 9.54. The van der Waals surface area contributed by atoms with Gasteiger partial charge in [-0.05, 0) is 12.1 Å². The van der Waals surface area contributed by atoms with Crippen molar-refractivity contribution < 1.29 is 9.53 Å². The Morgan fingerprint density at radius 3 is 3.00 bits per heavy atom. The van der Waals surface area contributed by atoms with Crippen LogP contribution in [0.25, 0.3) is 0 Å². The number of benzene rings is 1. The lowest BCUT2D eigenvalue weighted by Gasteiger charge is -2.09. The quantitative estimate of drug-likeness (QED) is 0.810. The average molecular weight is 239 g/mol. The van der Waals surface area contributed by atoms with Gasteiger partial charge in [-0.15, -0.1) is 0 Å². The predicted octanol–water partition coefficient (Wildman–Crippen LogP) is 1.53. The zero-order valence-electron chi connectivity index (χ0n) is 8.79. The van der Waals surface area contributed by atoms with Crippen molar-refractivity contribution in [3.8, 4) is 11.8 Å². The van der Waals surface area contributed by atoms with Crippen LogP contribution in [0, 0.1) is 11.3 Å². The molecule has 4 nitrogen and oxygen atoms in total. The first-order valence-electron chi connectivity index (χ1n) is 4.64. The van der Waals surface area contributed by atoms with Crippen molar-refractivity contribution in [2.75, 3.05) is 13.7 Å². The lowest BCUT2D eigenvalue weighted by molar-refractivity contribution is -0.120. The fraction of sp³-hybridized carbons (Fsp3) is 0.273. The van der Waals surface area contributed by atoms with E-state index in [0.29, 0.717) is 16.3 Å². The molecule has 0 radical (unpaired) electrons. The number of nitriles is 1. The number of ether oxygens (including phenoxy) is 1. The second-order valence-electron chi connectivity index (χ2n) is 3.03. The Balaban J connectivity index is 2.80. The molecule has 0 fully saturated rings. The van der Waals surface area contributed by atoms with Gasteiger partial charge in [0.05, 0.1) is 19.6 Å². The molecule has 0 saturated carbocycles. The summed E-state index contributed by atoms with van der Waals surface area (Å²) in [7, 11) is 1.52. The number of amides is 1. The average Bonchev–Trinajstić information content (AvgIpc) is 2.29. The van der Waals surface area contributed by atoms with E-state index >= 15 is 0 Å². The topological polar surface area (TPSA) is 62.1 Å². The zero-order chi connectivity index (χ0) is 12.0. The van der Waals surface area contributed by atoms with Gasteiger partial charge in [-0.1, -0.05) is 17.7 Å². The summed E-state index contributed by atoms with van der Waals surface area (Å²) in [4.78, 5) is 11.4. The van der Waals surface area contributed by atoms with Gasteiger partial charge in [-0.3, -0.25) is 4.79 Å². The van der Waals surface area contributed by atoms with Gasteiger partial charge in [-0.25, -0.2) is 0 Å². The van der Waals surface area contributed by atoms with Crippen molar-refractivity contribution >= 4 is 17.5 Å². The molecule has 0 bridgehead atoms. The van der Waals surface area contributed by atoms with Crippen LogP contribution >= 0.6 is 11.6 Å². The maximum absolute atomic E-state index is 11.4. The molecule has 1 amide bonds. The first kappa shape index (κ1) is 12.3. The fourth-order valence-corrected chi connectivity index (χ4v) is 1.50. The molecule has 0 aliphatic heterocycles. The summed E-state index contributed by atoms with van der Waals surface area (Å²) in [5, 5.41) is 11.2. The largest absolute Gasteiger partial charge is 0.496 e. The van der Waals surface area contributed by atoms with Crippen LogP contribution in [0.3, 0.4) is 0 Å². The molecule has 0 aliphatic carbocycles. The third-order valence-electron chi connectivity index (χ3n) is 2.00. The van der Waals surface area contributed by atoms with Crippen molar-refractivity contribution in [3.63, 3.8) is 0 Å². The Labute approximate surface area is 98.8 Å². The van der Waals surface area contributed by atoms with Crippen LogP contribution in [0.5, 0.6) is 5.75 Å². The molecule has 0 spiro atoms. The number of carbonyl (C=O) groups is 1. The van der Waals surface area contributed by atoms with Crippen LogP contribution in [0.4, 0.5) is 0 Å². The number of hydrogen-bond acceptors (Lipinski definition) is 3. The standard InChI is InChI=1S/C11H11ClN2O2/c1-16-10-4-2-3-9(12)8(10)7-11(15)14-6-5-13/h2-4H,6-7H2,1H3,(H,14,15). The van der Waals surface area contributed by atoms with Gasteiger partial charge in [0.2, 0.25) is 5.91 Å². The summed E-state index contributed by atoms with van der Waals surface area (Å²) in [5.41, 5.74) is 0.627. The molecule has 0 unspecified atom stereocenters. The summed E-state index contributed by atoms with van der Waals surface area (Å²) in [6.45, 7) is -0.00833. The summed E-state index contributed by atoms with van der Waals surface area (Å²) >= 11 is 5.96. The summed E-state index contributed by atoms with van der Waals surface area (Å²) in [6.07, 6.45) is 0.102. The van der Waals surface area contributed by atoms with Crippen molar-refractivity contribution in [1.29, 1.82) is 5.26 Å². The molecule has 0 aliphatic rings. The number of carbonyl (C=O) groups excluding carboxylic acids is 1. The maximum atomic E-state index is 11.4. The van der Waals surface area contributed by atoms with Crippen molar-refractivity contribution in [2.45, 2.75) is 6.42 Å². The molecule has 1 aromatic rings. The summed E-state index contributed by atoms with van der Waals surface area (Å²) in [5.74, 6) is 0.313. The van der Waals surface area contributed by atoms with Crippen LogP contribution in [0.2, 0.25) is 5.02 Å². The van der Waals surface area contributed by atoms with Gasteiger partial charge in [0.1, 0.15) is 12.3 Å². The lowest BCUT2D eigenvalue weighted by atomic mass is 10.1. The molecule has 1 aromatic carbocycles. The van der Waals surface area contributed by atoms with Crippen molar-refractivity contribution in [1.82, 2.24) is 5.32 Å². The minimum atomic E-state index is -0.257. The van der Waals surface area contributed by atoms with E-state index in [9.17, 15) is 4.79 Å². The summed E-state index contributed by atoms with van der Waals surface area (Å²) in [6, 6.07) is 7.01. The highest BCUT2D eigenvalue weighted by Gasteiger charge is 2.11. The van der Waals surface area contributed by atoms with Crippen LogP contribution in [0.1, 0.15) is 5.56 Å². The van der Waals surface area contributed by atoms with Crippen molar-refractivity contribution in [2.24, 2.45) is 0 Å². The smallest absolute Gasteiger partial charge is 0.225 e. The van der Waals surface area contributed by atoms with Gasteiger partial charge < -0.3 is 10.1 Å². The number of nitrogens with zero attached hydrogens (tertiary/aromatic N) is 1. The molecule has 16 heavy (non-hydrogen) atoms. The number of nitrogens with one attached hydrogen (secondary N) is 1. The minimum absolute atomic E-state index is 0.00833.